The molecule has 40 heavy (non-hydrogen) atoms. The molecular weight excluding hydrogens is 520 g/mol. The van der Waals surface area contributed by atoms with E-state index in [1.807, 2.05) is 36.4 Å². The number of phenols is 1. The summed E-state index contributed by atoms with van der Waals surface area (Å²) in [5.41, 5.74) is 3.50. The van der Waals surface area contributed by atoms with E-state index >= 15 is 8.78 Å². The van der Waals surface area contributed by atoms with Crippen LogP contribution < -0.4 is 4.43 Å². The highest BCUT2D eigenvalue weighted by Crippen LogP contribution is 2.44. The summed E-state index contributed by atoms with van der Waals surface area (Å²) in [4.78, 5) is 0. The van der Waals surface area contributed by atoms with Gasteiger partial charge in [0.1, 0.15) is 5.75 Å². The van der Waals surface area contributed by atoms with Crippen molar-refractivity contribution in [3.63, 3.8) is 0 Å². The Morgan fingerprint density at radius 3 is 1.98 bits per heavy atom. The van der Waals surface area contributed by atoms with Crippen molar-refractivity contribution >= 4 is 14.4 Å². The smallest absolute Gasteiger partial charge is 0.259 e. The van der Waals surface area contributed by atoms with Gasteiger partial charge in [0.05, 0.1) is 11.6 Å². The summed E-state index contributed by atoms with van der Waals surface area (Å²) in [6.07, 6.45) is 5.74. The number of rotatable bonds is 12. The van der Waals surface area contributed by atoms with E-state index in [0.717, 1.165) is 18.4 Å². The predicted octanol–water partition coefficient (Wildman–Crippen LogP) is 9.60. The topological polar surface area (TPSA) is 53.2 Å². The Morgan fingerprint density at radius 2 is 1.45 bits per heavy atom. The zero-order valence-electron chi connectivity index (χ0n) is 24.4. The normalized spacial score (nSPS) is 12.8. The molecule has 0 radical (unpaired) electrons. The lowest BCUT2D eigenvalue weighted by atomic mass is 9.91. The molecule has 0 amide bonds. The van der Waals surface area contributed by atoms with Gasteiger partial charge in [-0.2, -0.15) is 5.26 Å². The van der Waals surface area contributed by atoms with Crippen LogP contribution in [0.1, 0.15) is 70.2 Å². The third-order valence-electron chi connectivity index (χ3n) is 7.91. The van der Waals surface area contributed by atoms with Crippen LogP contribution >= 0.6 is 0 Å². The van der Waals surface area contributed by atoms with Crippen LogP contribution in [0.15, 0.2) is 66.7 Å². The molecule has 1 unspecified atom stereocenters. The Labute approximate surface area is 239 Å². The molecule has 3 aromatic rings. The zero-order chi connectivity index (χ0) is 29.4. The Morgan fingerprint density at radius 1 is 0.875 bits per heavy atom. The molecule has 0 saturated carbocycles. The molecule has 212 valence electrons. The van der Waals surface area contributed by atoms with Gasteiger partial charge >= 0.3 is 0 Å². The summed E-state index contributed by atoms with van der Waals surface area (Å²) in [5.74, 6) is -1.45. The number of allylic oxidation sites excluding steroid dienone is 1. The first kappa shape index (κ1) is 31.1. The molecule has 0 spiro atoms. The van der Waals surface area contributed by atoms with Crippen molar-refractivity contribution in [1.82, 2.24) is 0 Å². The molecular formula is C34H41F2NO2Si. The van der Waals surface area contributed by atoms with Crippen LogP contribution in [-0.2, 0) is 12.8 Å². The largest absolute Gasteiger partial charge is 0.539 e. The van der Waals surface area contributed by atoms with Gasteiger partial charge in [-0.1, -0.05) is 84.0 Å². The molecule has 0 aliphatic carbocycles. The second-order valence-corrected chi connectivity index (χ2v) is 16.9. The van der Waals surface area contributed by atoms with Gasteiger partial charge in [0.2, 0.25) is 0 Å². The number of para-hydroxylation sites is 1. The molecule has 0 saturated heterocycles. The minimum Gasteiger partial charge on any atom is -0.539 e. The van der Waals surface area contributed by atoms with Gasteiger partial charge in [-0.05, 0) is 83.3 Å². The van der Waals surface area contributed by atoms with Gasteiger partial charge in [-0.3, -0.25) is 0 Å². The summed E-state index contributed by atoms with van der Waals surface area (Å²) in [7, 11) is -2.53. The van der Waals surface area contributed by atoms with Crippen molar-refractivity contribution in [3.05, 3.63) is 101 Å². The van der Waals surface area contributed by atoms with E-state index in [1.165, 1.54) is 12.1 Å². The van der Waals surface area contributed by atoms with E-state index in [9.17, 15) is 5.11 Å². The Hall–Kier alpha value is -3.43. The molecule has 0 bridgehead atoms. The minimum absolute atomic E-state index is 0.0451. The molecule has 0 heterocycles. The van der Waals surface area contributed by atoms with E-state index in [2.05, 4.69) is 47.6 Å². The molecule has 3 aromatic carbocycles. The van der Waals surface area contributed by atoms with Gasteiger partial charge in [-0.15, -0.1) is 0 Å². The highest BCUT2D eigenvalue weighted by atomic mass is 28.4. The fourth-order valence-corrected chi connectivity index (χ4v) is 11.1. The van der Waals surface area contributed by atoms with E-state index in [4.69, 9.17) is 9.69 Å². The average Bonchev–Trinajstić information content (AvgIpc) is 2.90. The number of halogens is 2. The molecule has 1 atom stereocenters. The fourth-order valence-electron chi connectivity index (χ4n) is 5.89. The maximum Gasteiger partial charge on any atom is 0.259 e. The number of aromatic hydroxyl groups is 1. The van der Waals surface area contributed by atoms with Crippen LogP contribution in [0.2, 0.25) is 16.6 Å². The number of benzene rings is 3. The van der Waals surface area contributed by atoms with Crippen LogP contribution in [-0.4, -0.2) is 13.4 Å². The maximum absolute atomic E-state index is 15.5. The molecule has 0 fully saturated rings. The van der Waals surface area contributed by atoms with Crippen LogP contribution in [0.4, 0.5) is 8.78 Å². The van der Waals surface area contributed by atoms with Crippen molar-refractivity contribution in [3.8, 4) is 17.6 Å². The fraction of sp³-hybridized carbons (Fsp3) is 0.382. The zero-order valence-corrected chi connectivity index (χ0v) is 25.4. The quantitative estimate of drug-likeness (QED) is 0.224. The number of hydrogen-bond donors (Lipinski definition) is 1. The van der Waals surface area contributed by atoms with Gasteiger partial charge < -0.3 is 9.53 Å². The second-order valence-electron chi connectivity index (χ2n) is 11.5. The first-order valence-corrected chi connectivity index (χ1v) is 16.2. The van der Waals surface area contributed by atoms with Crippen LogP contribution in [0, 0.1) is 28.9 Å². The lowest BCUT2D eigenvalue weighted by Crippen LogP contribution is -2.51. The summed E-state index contributed by atoms with van der Waals surface area (Å²) in [5, 5.41) is 19.3. The number of nitriles is 1. The van der Waals surface area contributed by atoms with Crippen LogP contribution in [0.3, 0.4) is 0 Å². The number of hydrogen-bond acceptors (Lipinski definition) is 3. The molecule has 0 aliphatic heterocycles. The van der Waals surface area contributed by atoms with Crippen molar-refractivity contribution in [1.29, 1.82) is 5.26 Å². The van der Waals surface area contributed by atoms with Crippen LogP contribution in [0.5, 0.6) is 11.5 Å². The van der Waals surface area contributed by atoms with E-state index in [-0.39, 0.29) is 34.0 Å². The maximum atomic E-state index is 15.5. The molecule has 3 nitrogen and oxygen atoms in total. The summed E-state index contributed by atoms with van der Waals surface area (Å²) >= 11 is 0. The predicted molar refractivity (Wildman–Crippen MR) is 162 cm³/mol. The molecule has 0 aromatic heterocycles. The number of aryl methyl sites for hydroxylation is 1. The Balaban J connectivity index is 1.89. The highest BCUT2D eigenvalue weighted by molar-refractivity contribution is 6.78. The average molecular weight is 562 g/mol. The van der Waals surface area contributed by atoms with Gasteiger partial charge in [0, 0.05) is 5.56 Å². The van der Waals surface area contributed by atoms with Gasteiger partial charge in [0.25, 0.3) is 8.32 Å². The van der Waals surface area contributed by atoms with E-state index < -0.39 is 20.0 Å². The lowest BCUT2D eigenvalue weighted by molar-refractivity contribution is 0.413. The first-order chi connectivity index (χ1) is 19.0. The summed E-state index contributed by atoms with van der Waals surface area (Å²) in [6.45, 7) is 12.5. The third-order valence-corrected chi connectivity index (χ3v) is 13.9. The standard InChI is InChI=1S/C34H41F2NO2Si/c1-23(2)40(24(3)4,25(5)6)39-34-31(35)20-29(21-32(34)36)19-27(17-18-30-9-7-8-10-33(30)38)14-11-26-12-15-28(22-37)16-13-26/h7-10,12-13,15-18,20-21,23-25,27,38H,11,14,19H2,1-6H3/b18-17+. The summed E-state index contributed by atoms with van der Waals surface area (Å²) in [6, 6.07) is 19.5. The first-order valence-electron chi connectivity index (χ1n) is 14.1. The summed E-state index contributed by atoms with van der Waals surface area (Å²) < 4.78 is 37.4. The third kappa shape index (κ3) is 7.40. The Kier molecular flexibility index (Phi) is 10.7. The van der Waals surface area contributed by atoms with Crippen molar-refractivity contribution in [2.45, 2.75) is 77.4 Å². The lowest BCUT2D eigenvalue weighted by Gasteiger charge is -2.42. The van der Waals surface area contributed by atoms with Crippen molar-refractivity contribution in [2.75, 3.05) is 0 Å². The molecule has 0 aliphatic rings. The van der Waals surface area contributed by atoms with E-state index in [1.54, 1.807) is 24.3 Å². The minimum atomic E-state index is -2.53. The van der Waals surface area contributed by atoms with Crippen molar-refractivity contribution < 1.29 is 18.3 Å². The van der Waals surface area contributed by atoms with Crippen molar-refractivity contribution in [2.24, 2.45) is 5.92 Å². The van der Waals surface area contributed by atoms with Gasteiger partial charge in [0.15, 0.2) is 17.4 Å². The SMILES string of the molecule is CC(C)[Si](Oc1c(F)cc(CC(/C=C/c2ccccc2O)CCc2ccc(C#N)cc2)cc1F)(C(C)C)C(C)C. The number of phenolic OH excluding ortho intramolecular Hbond substituents is 1. The molecule has 6 heteroatoms. The Bertz CT molecular complexity index is 1300. The van der Waals surface area contributed by atoms with Gasteiger partial charge in [-0.25, -0.2) is 8.78 Å². The van der Waals surface area contributed by atoms with E-state index in [0.29, 0.717) is 23.1 Å². The second kappa shape index (κ2) is 13.8. The molecule has 1 N–H and O–H groups in total. The highest BCUT2D eigenvalue weighted by Gasteiger charge is 2.47. The molecule has 3 rings (SSSR count). The monoisotopic (exact) mass is 561 g/mol. The van der Waals surface area contributed by atoms with Crippen LogP contribution in [0.25, 0.3) is 6.08 Å². The number of nitrogens with zero attached hydrogens (tertiary/aromatic N) is 1.